The molecule has 1 aromatic rings. The van der Waals surface area contributed by atoms with E-state index in [1.807, 2.05) is 12.1 Å². The molecule has 2 rings (SSSR count). The van der Waals surface area contributed by atoms with E-state index in [9.17, 15) is 4.79 Å². The Morgan fingerprint density at radius 2 is 2.06 bits per heavy atom. The average Bonchev–Trinajstić information content (AvgIpc) is 3.00. The summed E-state index contributed by atoms with van der Waals surface area (Å²) in [4.78, 5) is 11.8. The summed E-state index contributed by atoms with van der Waals surface area (Å²) in [5.74, 6) is -0.0255. The van der Waals surface area contributed by atoms with E-state index in [-0.39, 0.29) is 5.78 Å². The predicted molar refractivity (Wildman–Crippen MR) is 67.7 cm³/mol. The van der Waals surface area contributed by atoms with E-state index in [1.54, 1.807) is 25.1 Å². The second-order valence-electron chi connectivity index (χ2n) is 3.89. The number of benzene rings is 1. The molecule has 1 heterocycles. The largest absolute Gasteiger partial charge is 0.361 e. The molecule has 16 heavy (non-hydrogen) atoms. The summed E-state index contributed by atoms with van der Waals surface area (Å²) in [7, 11) is 0. The van der Waals surface area contributed by atoms with Crippen LogP contribution in [0.4, 0.5) is 0 Å². The molecule has 0 aromatic heterocycles. The smallest absolute Gasteiger partial charge is 0.203 e. The van der Waals surface area contributed by atoms with Crippen LogP contribution in [-0.4, -0.2) is 18.0 Å². The van der Waals surface area contributed by atoms with Gasteiger partial charge < -0.3 is 4.74 Å². The van der Waals surface area contributed by atoms with E-state index in [0.717, 1.165) is 5.56 Å². The van der Waals surface area contributed by atoms with Crippen molar-refractivity contribution in [2.45, 2.75) is 12.5 Å². The number of carbonyl (C=O) groups is 1. The molecular weight excluding hydrogens is 291 g/mol. The van der Waals surface area contributed by atoms with Gasteiger partial charge in [-0.25, -0.2) is 0 Å². The Balaban J connectivity index is 2.17. The zero-order valence-electron chi connectivity index (χ0n) is 8.67. The minimum Gasteiger partial charge on any atom is -0.361 e. The Bertz CT molecular complexity index is 447. The number of Topliss-reactive ketones (excluding diaryl/α,β-unsaturated/α-hetero) is 1. The Hall–Kier alpha value is -0.640. The van der Waals surface area contributed by atoms with E-state index in [4.69, 9.17) is 16.3 Å². The number of hydrogen-bond acceptors (Lipinski definition) is 2. The molecule has 1 atom stereocenters. The molecule has 4 heteroatoms. The molecule has 0 amide bonds. The quantitative estimate of drug-likeness (QED) is 0.632. The maximum Gasteiger partial charge on any atom is 0.203 e. The lowest BCUT2D eigenvalue weighted by Gasteiger charge is -2.02. The molecule has 1 saturated heterocycles. The van der Waals surface area contributed by atoms with Gasteiger partial charge in [0, 0.05) is 5.02 Å². The van der Waals surface area contributed by atoms with Crippen molar-refractivity contribution in [2.24, 2.45) is 0 Å². The SMILES string of the molecule is CC1(C(=O)C(Br)=Cc2ccc(Cl)cc2)CO1. The summed E-state index contributed by atoms with van der Waals surface area (Å²) in [6.07, 6.45) is 1.77. The second-order valence-corrected chi connectivity index (χ2v) is 5.18. The number of halogens is 2. The second kappa shape index (κ2) is 4.32. The molecule has 0 radical (unpaired) electrons. The number of hydrogen-bond donors (Lipinski definition) is 0. The third kappa shape index (κ3) is 2.54. The molecule has 0 aliphatic carbocycles. The number of ketones is 1. The Labute approximate surface area is 107 Å². The van der Waals surface area contributed by atoms with Crippen molar-refractivity contribution < 1.29 is 9.53 Å². The van der Waals surface area contributed by atoms with Gasteiger partial charge in [0.25, 0.3) is 0 Å². The lowest BCUT2D eigenvalue weighted by atomic mass is 10.1. The van der Waals surface area contributed by atoms with Crippen molar-refractivity contribution in [3.63, 3.8) is 0 Å². The van der Waals surface area contributed by atoms with Crippen LogP contribution in [0.5, 0.6) is 0 Å². The van der Waals surface area contributed by atoms with Crippen LogP contribution in [0.2, 0.25) is 5.02 Å². The number of carbonyl (C=O) groups excluding carboxylic acids is 1. The van der Waals surface area contributed by atoms with Gasteiger partial charge in [0.15, 0.2) is 5.60 Å². The molecule has 0 spiro atoms. The van der Waals surface area contributed by atoms with Gasteiger partial charge in [-0.1, -0.05) is 23.7 Å². The molecule has 1 fully saturated rings. The zero-order valence-corrected chi connectivity index (χ0v) is 11.0. The van der Waals surface area contributed by atoms with Gasteiger partial charge in [-0.3, -0.25) is 4.79 Å². The topological polar surface area (TPSA) is 29.6 Å². The third-order valence-corrected chi connectivity index (χ3v) is 3.28. The first-order valence-electron chi connectivity index (χ1n) is 4.83. The van der Waals surface area contributed by atoms with Crippen LogP contribution in [-0.2, 0) is 9.53 Å². The molecule has 1 aliphatic rings. The summed E-state index contributed by atoms with van der Waals surface area (Å²) >= 11 is 9.05. The van der Waals surface area contributed by atoms with E-state index in [2.05, 4.69) is 15.9 Å². The van der Waals surface area contributed by atoms with Crippen molar-refractivity contribution in [3.05, 3.63) is 39.3 Å². The Kier molecular flexibility index (Phi) is 3.19. The number of rotatable bonds is 3. The number of epoxide rings is 1. The maximum atomic E-state index is 11.8. The molecule has 0 bridgehead atoms. The minimum absolute atomic E-state index is 0.0255. The highest BCUT2D eigenvalue weighted by molar-refractivity contribution is 9.12. The van der Waals surface area contributed by atoms with E-state index >= 15 is 0 Å². The van der Waals surface area contributed by atoms with Gasteiger partial charge in [-0.05, 0) is 46.6 Å². The molecule has 1 aliphatic heterocycles. The predicted octanol–water partition coefficient (Wildman–Crippen LogP) is 3.43. The fraction of sp³-hybridized carbons (Fsp3) is 0.250. The Morgan fingerprint density at radius 3 is 2.56 bits per heavy atom. The molecule has 2 nitrogen and oxygen atoms in total. The molecule has 0 saturated carbocycles. The van der Waals surface area contributed by atoms with Gasteiger partial charge in [0.1, 0.15) is 0 Å². The summed E-state index contributed by atoms with van der Waals surface area (Å²) in [6.45, 7) is 2.28. The fourth-order valence-electron chi connectivity index (χ4n) is 1.26. The van der Waals surface area contributed by atoms with Crippen LogP contribution in [0.25, 0.3) is 6.08 Å². The highest BCUT2D eigenvalue weighted by Crippen LogP contribution is 2.32. The molecule has 1 unspecified atom stereocenters. The van der Waals surface area contributed by atoms with Gasteiger partial charge in [0.2, 0.25) is 5.78 Å². The van der Waals surface area contributed by atoms with Crippen LogP contribution in [0.1, 0.15) is 12.5 Å². The van der Waals surface area contributed by atoms with Crippen LogP contribution in [0.15, 0.2) is 28.7 Å². The maximum absolute atomic E-state index is 11.8. The highest BCUT2D eigenvalue weighted by Gasteiger charge is 2.47. The summed E-state index contributed by atoms with van der Waals surface area (Å²) in [5.41, 5.74) is 0.302. The summed E-state index contributed by atoms with van der Waals surface area (Å²) in [6, 6.07) is 7.28. The molecule has 84 valence electrons. The first-order valence-corrected chi connectivity index (χ1v) is 6.00. The van der Waals surface area contributed by atoms with E-state index in [0.29, 0.717) is 16.1 Å². The van der Waals surface area contributed by atoms with Crippen LogP contribution in [0, 0.1) is 0 Å². The van der Waals surface area contributed by atoms with Crippen molar-refractivity contribution in [1.82, 2.24) is 0 Å². The molecular formula is C12H10BrClO2. The fourth-order valence-corrected chi connectivity index (χ4v) is 2.07. The van der Waals surface area contributed by atoms with Crippen LogP contribution in [0.3, 0.4) is 0 Å². The van der Waals surface area contributed by atoms with E-state index in [1.165, 1.54) is 0 Å². The average molecular weight is 302 g/mol. The minimum atomic E-state index is -0.623. The van der Waals surface area contributed by atoms with Gasteiger partial charge in [0.05, 0.1) is 11.1 Å². The normalized spacial score (nSPS) is 24.3. The van der Waals surface area contributed by atoms with Gasteiger partial charge in [-0.2, -0.15) is 0 Å². The van der Waals surface area contributed by atoms with Crippen molar-refractivity contribution in [2.75, 3.05) is 6.61 Å². The molecule has 0 N–H and O–H groups in total. The van der Waals surface area contributed by atoms with Crippen LogP contribution < -0.4 is 0 Å². The third-order valence-electron chi connectivity index (χ3n) is 2.44. The van der Waals surface area contributed by atoms with Crippen LogP contribution >= 0.6 is 27.5 Å². The first kappa shape index (κ1) is 11.8. The van der Waals surface area contributed by atoms with Gasteiger partial charge >= 0.3 is 0 Å². The Morgan fingerprint density at radius 1 is 1.50 bits per heavy atom. The monoisotopic (exact) mass is 300 g/mol. The standard InChI is InChI=1S/C12H10BrClO2/c1-12(7-16-12)11(15)10(13)6-8-2-4-9(14)5-3-8/h2-6H,7H2,1H3. The lowest BCUT2D eigenvalue weighted by molar-refractivity contribution is -0.119. The summed E-state index contributed by atoms with van der Waals surface area (Å²) < 4.78 is 5.62. The first-order chi connectivity index (χ1) is 7.51. The lowest BCUT2D eigenvalue weighted by Crippen LogP contribution is -2.19. The van der Waals surface area contributed by atoms with Crippen molar-refractivity contribution >= 4 is 39.4 Å². The van der Waals surface area contributed by atoms with Crippen molar-refractivity contribution in [3.8, 4) is 0 Å². The van der Waals surface area contributed by atoms with Crippen molar-refractivity contribution in [1.29, 1.82) is 0 Å². The number of ether oxygens (including phenoxy) is 1. The van der Waals surface area contributed by atoms with Gasteiger partial charge in [-0.15, -0.1) is 0 Å². The highest BCUT2D eigenvalue weighted by atomic mass is 79.9. The van der Waals surface area contributed by atoms with E-state index < -0.39 is 5.60 Å². The summed E-state index contributed by atoms with van der Waals surface area (Å²) in [5, 5.41) is 0.678. The molecule has 1 aromatic carbocycles. The zero-order chi connectivity index (χ0) is 11.8.